The van der Waals surface area contributed by atoms with Crippen molar-refractivity contribution in [3.05, 3.63) is 0 Å². The van der Waals surface area contributed by atoms with Gasteiger partial charge in [-0.3, -0.25) is 0 Å². The molecule has 0 spiro atoms. The molecular formula is C9H20ClO-. The van der Waals surface area contributed by atoms with E-state index in [-0.39, 0.29) is 18.2 Å². The van der Waals surface area contributed by atoms with Gasteiger partial charge in [-0.15, -0.1) is 0 Å². The van der Waals surface area contributed by atoms with E-state index in [0.29, 0.717) is 0 Å². The maximum atomic E-state index is 9.44. The summed E-state index contributed by atoms with van der Waals surface area (Å²) in [7, 11) is 0. The van der Waals surface area contributed by atoms with Gasteiger partial charge in [-0.1, -0.05) is 39.5 Å². The maximum Gasteiger partial charge on any atom is 0.126 e. The van der Waals surface area contributed by atoms with E-state index < -0.39 is 0 Å². The van der Waals surface area contributed by atoms with Crippen LogP contribution < -0.4 is 12.4 Å². The zero-order valence-corrected chi connectivity index (χ0v) is 8.87. The van der Waals surface area contributed by atoms with Crippen LogP contribution in [0.1, 0.15) is 53.4 Å². The molecule has 0 aromatic carbocycles. The maximum absolute atomic E-state index is 9.44. The highest BCUT2D eigenvalue weighted by atomic mass is 35.5. The summed E-state index contributed by atoms with van der Waals surface area (Å²) in [4.78, 5) is 9.44. The molecule has 0 amide bonds. The molecule has 0 radical (unpaired) electrons. The Morgan fingerprint density at radius 1 is 1.00 bits per heavy atom. The number of hydrogen-bond acceptors (Lipinski definition) is 1. The van der Waals surface area contributed by atoms with E-state index in [1.807, 2.05) is 0 Å². The summed E-state index contributed by atoms with van der Waals surface area (Å²) < 4.78 is 0. The lowest BCUT2D eigenvalue weighted by Crippen LogP contribution is -3.00. The fraction of sp³-hybridized carbons (Fsp3) is 0.889. The summed E-state index contributed by atoms with van der Waals surface area (Å²) in [6.45, 7) is 7.52. The third-order valence-electron chi connectivity index (χ3n) is 0.957. The standard InChI is InChI=1S/C6H14.C3H6O.ClH/c1-3-5-6-4-2;1-3(2)4;/h3-6H2,1-2H3;1-2H3;1H/p-1. The van der Waals surface area contributed by atoms with Gasteiger partial charge < -0.3 is 17.2 Å². The quantitative estimate of drug-likeness (QED) is 0.566. The number of unbranched alkanes of at least 4 members (excludes halogenated alkanes) is 3. The fourth-order valence-electron chi connectivity index (χ4n) is 0.500. The van der Waals surface area contributed by atoms with Crippen LogP contribution in [0.4, 0.5) is 0 Å². The molecule has 0 unspecified atom stereocenters. The second-order valence-corrected chi connectivity index (χ2v) is 2.62. The fourth-order valence-corrected chi connectivity index (χ4v) is 0.500. The van der Waals surface area contributed by atoms with Gasteiger partial charge >= 0.3 is 0 Å². The van der Waals surface area contributed by atoms with Gasteiger partial charge in [-0.2, -0.15) is 0 Å². The van der Waals surface area contributed by atoms with Crippen molar-refractivity contribution in [3.8, 4) is 0 Å². The highest BCUT2D eigenvalue weighted by Gasteiger charge is 1.75. The molecule has 0 bridgehead atoms. The van der Waals surface area contributed by atoms with Gasteiger partial charge in [0.05, 0.1) is 0 Å². The number of carbonyl (C=O) groups is 1. The number of Topliss-reactive ketones (excluding diaryl/α,β-unsaturated/α-hetero) is 1. The van der Waals surface area contributed by atoms with E-state index >= 15 is 0 Å². The van der Waals surface area contributed by atoms with Crippen molar-refractivity contribution in [2.75, 3.05) is 0 Å². The molecule has 70 valence electrons. The minimum Gasteiger partial charge on any atom is -1.00 e. The first-order valence-corrected chi connectivity index (χ1v) is 4.12. The van der Waals surface area contributed by atoms with Gasteiger partial charge in [0.15, 0.2) is 0 Å². The normalized spacial score (nSPS) is 7.27. The number of carbonyl (C=O) groups excluding carboxylic acids is 1. The monoisotopic (exact) mass is 179 g/mol. The molecule has 0 aliphatic rings. The van der Waals surface area contributed by atoms with Crippen LogP contribution in [0, 0.1) is 0 Å². The van der Waals surface area contributed by atoms with Crippen molar-refractivity contribution < 1.29 is 17.2 Å². The molecule has 0 aromatic heterocycles. The highest BCUT2D eigenvalue weighted by Crippen LogP contribution is 1.95. The third kappa shape index (κ3) is 72.0. The first-order chi connectivity index (χ1) is 4.65. The average molecular weight is 180 g/mol. The SMILES string of the molecule is CC(C)=O.CCCCCC.[Cl-]. The lowest BCUT2D eigenvalue weighted by Gasteiger charge is -1.86. The largest absolute Gasteiger partial charge is 1.00 e. The first-order valence-electron chi connectivity index (χ1n) is 4.12. The van der Waals surface area contributed by atoms with Crippen LogP contribution in [0.3, 0.4) is 0 Å². The van der Waals surface area contributed by atoms with E-state index in [1.165, 1.54) is 39.5 Å². The highest BCUT2D eigenvalue weighted by molar-refractivity contribution is 5.72. The Balaban J connectivity index is -0.000000114. The summed E-state index contributed by atoms with van der Waals surface area (Å²) in [5, 5.41) is 0. The molecule has 2 heteroatoms. The van der Waals surface area contributed by atoms with Crippen LogP contribution >= 0.6 is 0 Å². The topological polar surface area (TPSA) is 17.1 Å². The van der Waals surface area contributed by atoms with Gasteiger partial charge in [0.2, 0.25) is 0 Å². The number of halogens is 1. The van der Waals surface area contributed by atoms with Crippen LogP contribution in [-0.2, 0) is 4.79 Å². The molecule has 0 saturated carbocycles. The van der Waals surface area contributed by atoms with Crippen molar-refractivity contribution in [1.82, 2.24) is 0 Å². The zero-order chi connectivity index (χ0) is 8.41. The lowest BCUT2D eigenvalue weighted by molar-refractivity contribution is -0.115. The van der Waals surface area contributed by atoms with Crippen LogP contribution in [0.5, 0.6) is 0 Å². The summed E-state index contributed by atoms with van der Waals surface area (Å²) in [6, 6.07) is 0. The number of ketones is 1. The van der Waals surface area contributed by atoms with Gasteiger partial charge in [0.25, 0.3) is 0 Å². The summed E-state index contributed by atoms with van der Waals surface area (Å²) in [5.74, 6) is 0.167. The van der Waals surface area contributed by atoms with Crippen molar-refractivity contribution in [3.63, 3.8) is 0 Å². The third-order valence-corrected chi connectivity index (χ3v) is 0.957. The van der Waals surface area contributed by atoms with Gasteiger partial charge in [-0.05, 0) is 13.8 Å². The molecule has 1 nitrogen and oxygen atoms in total. The van der Waals surface area contributed by atoms with E-state index in [2.05, 4.69) is 13.8 Å². The molecular weight excluding hydrogens is 160 g/mol. The van der Waals surface area contributed by atoms with Crippen molar-refractivity contribution >= 4 is 5.78 Å². The molecule has 0 heterocycles. The molecule has 11 heavy (non-hydrogen) atoms. The molecule has 0 saturated heterocycles. The van der Waals surface area contributed by atoms with E-state index in [0.717, 1.165) is 0 Å². The van der Waals surface area contributed by atoms with E-state index in [1.54, 1.807) is 0 Å². The van der Waals surface area contributed by atoms with Gasteiger partial charge in [0, 0.05) is 0 Å². The van der Waals surface area contributed by atoms with Crippen LogP contribution in [0.25, 0.3) is 0 Å². The minimum absolute atomic E-state index is 0. The molecule has 0 aliphatic heterocycles. The minimum atomic E-state index is 0. The summed E-state index contributed by atoms with van der Waals surface area (Å²) >= 11 is 0. The van der Waals surface area contributed by atoms with E-state index in [9.17, 15) is 4.79 Å². The molecule has 0 atom stereocenters. The Morgan fingerprint density at radius 2 is 1.18 bits per heavy atom. The Kier molecular flexibility index (Phi) is 25.7. The predicted molar refractivity (Wildman–Crippen MR) is 46.2 cm³/mol. The number of rotatable bonds is 3. The molecule has 0 fully saturated rings. The zero-order valence-electron chi connectivity index (χ0n) is 8.11. The second-order valence-electron chi connectivity index (χ2n) is 2.62. The van der Waals surface area contributed by atoms with Crippen molar-refractivity contribution in [2.45, 2.75) is 53.4 Å². The Morgan fingerprint density at radius 3 is 1.27 bits per heavy atom. The Hall–Kier alpha value is -0.0400. The van der Waals surface area contributed by atoms with Gasteiger partial charge in [-0.25, -0.2) is 0 Å². The lowest BCUT2D eigenvalue weighted by atomic mass is 10.2. The smallest absolute Gasteiger partial charge is 0.126 e. The van der Waals surface area contributed by atoms with Crippen LogP contribution in [0.15, 0.2) is 0 Å². The Labute approximate surface area is 77.0 Å². The molecule has 0 aliphatic carbocycles. The average Bonchev–Trinajstić information content (AvgIpc) is 1.82. The Bertz CT molecular complexity index is 64.0. The van der Waals surface area contributed by atoms with Crippen molar-refractivity contribution in [2.24, 2.45) is 0 Å². The summed E-state index contributed by atoms with van der Waals surface area (Å²) in [6.07, 6.45) is 5.54. The molecule has 0 N–H and O–H groups in total. The van der Waals surface area contributed by atoms with Crippen LogP contribution in [-0.4, -0.2) is 5.78 Å². The van der Waals surface area contributed by atoms with Crippen LogP contribution in [0.2, 0.25) is 0 Å². The van der Waals surface area contributed by atoms with Crippen molar-refractivity contribution in [1.29, 1.82) is 0 Å². The predicted octanol–water partition coefficient (Wildman–Crippen LogP) is 0.186. The first kappa shape index (κ1) is 17.2. The van der Waals surface area contributed by atoms with E-state index in [4.69, 9.17) is 0 Å². The second kappa shape index (κ2) is 16.5. The summed E-state index contributed by atoms with van der Waals surface area (Å²) in [5.41, 5.74) is 0. The molecule has 0 aromatic rings. The van der Waals surface area contributed by atoms with Gasteiger partial charge in [0.1, 0.15) is 5.78 Å². The molecule has 0 rings (SSSR count). The number of hydrogen-bond donors (Lipinski definition) is 0.